The molecule has 0 saturated heterocycles. The summed E-state index contributed by atoms with van der Waals surface area (Å²) in [7, 11) is 1.60. The van der Waals surface area contributed by atoms with Crippen LogP contribution in [-0.2, 0) is 9.47 Å². The first kappa shape index (κ1) is 23.0. The molecule has 8 nitrogen and oxygen atoms in total. The van der Waals surface area contributed by atoms with Crippen molar-refractivity contribution >= 4 is 11.9 Å². The highest BCUT2D eigenvalue weighted by atomic mass is 16.7. The summed E-state index contributed by atoms with van der Waals surface area (Å²) < 4.78 is 21.3. The van der Waals surface area contributed by atoms with Crippen molar-refractivity contribution in [3.63, 3.8) is 0 Å². The zero-order valence-corrected chi connectivity index (χ0v) is 17.9. The van der Waals surface area contributed by atoms with Crippen molar-refractivity contribution in [1.82, 2.24) is 10.2 Å². The number of aliphatic imine (C=N–C) groups is 1. The quantitative estimate of drug-likeness (QED) is 0.345. The van der Waals surface area contributed by atoms with Crippen LogP contribution in [0.15, 0.2) is 23.2 Å². The predicted octanol–water partition coefficient (Wildman–Crippen LogP) is 2.67. The number of methoxy groups -OCH3 is 1. The van der Waals surface area contributed by atoms with Crippen molar-refractivity contribution in [1.29, 1.82) is 0 Å². The van der Waals surface area contributed by atoms with Gasteiger partial charge in [0.05, 0.1) is 12.6 Å². The SMILES string of the molecule is CCN(CC)CCC[C@H](C)N=C(NC(=O)c1ccc2c(c1)OCO2)OCCOC. The van der Waals surface area contributed by atoms with E-state index in [0.29, 0.717) is 30.3 Å². The molecule has 0 radical (unpaired) electrons. The number of amidine groups is 1. The second-order valence-corrected chi connectivity index (χ2v) is 6.82. The summed E-state index contributed by atoms with van der Waals surface area (Å²) in [5.41, 5.74) is 0.450. The molecule has 0 bridgehead atoms. The molecule has 0 saturated carbocycles. The van der Waals surface area contributed by atoms with Gasteiger partial charge in [0.15, 0.2) is 11.5 Å². The van der Waals surface area contributed by atoms with E-state index >= 15 is 0 Å². The van der Waals surface area contributed by atoms with Gasteiger partial charge in [0, 0.05) is 12.7 Å². The molecule has 1 N–H and O–H groups in total. The Morgan fingerprint density at radius 2 is 2.00 bits per heavy atom. The number of hydrogen-bond acceptors (Lipinski definition) is 7. The summed E-state index contributed by atoms with van der Waals surface area (Å²) in [6.45, 7) is 10.4. The van der Waals surface area contributed by atoms with Crippen LogP contribution in [-0.4, -0.2) is 69.6 Å². The van der Waals surface area contributed by atoms with Crippen LogP contribution in [0.4, 0.5) is 0 Å². The number of fused-ring (bicyclic) bond motifs is 1. The molecule has 0 spiro atoms. The minimum absolute atomic E-state index is 0.0279. The van der Waals surface area contributed by atoms with Crippen LogP contribution in [0.5, 0.6) is 11.5 Å². The molecule has 1 amide bonds. The van der Waals surface area contributed by atoms with E-state index in [1.807, 2.05) is 6.92 Å². The van der Waals surface area contributed by atoms with Crippen LogP contribution < -0.4 is 14.8 Å². The topological polar surface area (TPSA) is 81.6 Å². The van der Waals surface area contributed by atoms with Crippen molar-refractivity contribution in [3.8, 4) is 11.5 Å². The molecular weight excluding hydrogens is 374 g/mol. The first-order chi connectivity index (χ1) is 14.1. The van der Waals surface area contributed by atoms with E-state index in [-0.39, 0.29) is 24.8 Å². The monoisotopic (exact) mass is 407 g/mol. The number of rotatable bonds is 11. The van der Waals surface area contributed by atoms with E-state index in [1.54, 1.807) is 25.3 Å². The Kier molecular flexibility index (Phi) is 9.73. The van der Waals surface area contributed by atoms with Gasteiger partial charge >= 0.3 is 0 Å². The first-order valence-electron chi connectivity index (χ1n) is 10.2. The van der Waals surface area contributed by atoms with Crippen LogP contribution >= 0.6 is 0 Å². The van der Waals surface area contributed by atoms with E-state index < -0.39 is 0 Å². The molecule has 29 heavy (non-hydrogen) atoms. The lowest BCUT2D eigenvalue weighted by Gasteiger charge is -2.18. The van der Waals surface area contributed by atoms with Gasteiger partial charge in [-0.15, -0.1) is 0 Å². The van der Waals surface area contributed by atoms with Gasteiger partial charge in [-0.3, -0.25) is 10.1 Å². The largest absolute Gasteiger partial charge is 0.463 e. The van der Waals surface area contributed by atoms with E-state index in [2.05, 4.69) is 29.1 Å². The van der Waals surface area contributed by atoms with E-state index in [0.717, 1.165) is 32.5 Å². The number of carbonyl (C=O) groups excluding carboxylic acids is 1. The van der Waals surface area contributed by atoms with Crippen molar-refractivity contribution in [2.24, 2.45) is 4.99 Å². The third-order valence-corrected chi connectivity index (χ3v) is 4.71. The molecule has 0 fully saturated rings. The minimum Gasteiger partial charge on any atom is -0.463 e. The smallest absolute Gasteiger partial charge is 0.292 e. The number of hydrogen-bond donors (Lipinski definition) is 1. The Bertz CT molecular complexity index is 676. The van der Waals surface area contributed by atoms with Gasteiger partial charge in [-0.1, -0.05) is 13.8 Å². The fourth-order valence-corrected chi connectivity index (χ4v) is 2.95. The molecule has 1 aliphatic rings. The molecule has 2 rings (SSSR count). The van der Waals surface area contributed by atoms with E-state index in [1.165, 1.54) is 0 Å². The van der Waals surface area contributed by atoms with Crippen LogP contribution in [0.3, 0.4) is 0 Å². The summed E-state index contributed by atoms with van der Waals surface area (Å²) >= 11 is 0. The third-order valence-electron chi connectivity index (χ3n) is 4.71. The molecule has 162 valence electrons. The fourth-order valence-electron chi connectivity index (χ4n) is 2.95. The van der Waals surface area contributed by atoms with Crippen LogP contribution in [0.25, 0.3) is 0 Å². The lowest BCUT2D eigenvalue weighted by molar-refractivity contribution is 0.0953. The highest BCUT2D eigenvalue weighted by molar-refractivity contribution is 6.04. The lowest BCUT2D eigenvalue weighted by atomic mass is 10.2. The number of benzene rings is 1. The highest BCUT2D eigenvalue weighted by Crippen LogP contribution is 2.32. The zero-order chi connectivity index (χ0) is 21.1. The minimum atomic E-state index is -0.310. The Balaban J connectivity index is 1.96. The maximum atomic E-state index is 12.6. The fraction of sp³-hybridized carbons (Fsp3) is 0.619. The van der Waals surface area contributed by atoms with E-state index in [4.69, 9.17) is 18.9 Å². The summed E-state index contributed by atoms with van der Waals surface area (Å²) in [6, 6.07) is 5.29. The maximum Gasteiger partial charge on any atom is 0.292 e. The molecule has 1 aromatic rings. The van der Waals surface area contributed by atoms with Gasteiger partial charge < -0.3 is 23.8 Å². The molecule has 1 aromatic carbocycles. The molecule has 1 heterocycles. The van der Waals surface area contributed by atoms with Gasteiger partial charge in [-0.25, -0.2) is 4.99 Å². The van der Waals surface area contributed by atoms with Gasteiger partial charge in [-0.05, 0) is 57.6 Å². The second kappa shape index (κ2) is 12.3. The average molecular weight is 408 g/mol. The summed E-state index contributed by atoms with van der Waals surface area (Å²) in [5.74, 6) is 0.879. The maximum absolute atomic E-state index is 12.6. The van der Waals surface area contributed by atoms with Crippen LogP contribution in [0.2, 0.25) is 0 Å². The number of nitrogens with zero attached hydrogens (tertiary/aromatic N) is 2. The second-order valence-electron chi connectivity index (χ2n) is 6.82. The van der Waals surface area contributed by atoms with Gasteiger partial charge in [0.1, 0.15) is 6.61 Å². The van der Waals surface area contributed by atoms with Crippen LogP contribution in [0, 0.1) is 0 Å². The summed E-state index contributed by atoms with van der Waals surface area (Å²) in [4.78, 5) is 19.6. The third kappa shape index (κ3) is 7.55. The Morgan fingerprint density at radius 3 is 2.72 bits per heavy atom. The predicted molar refractivity (Wildman–Crippen MR) is 112 cm³/mol. The Morgan fingerprint density at radius 1 is 1.24 bits per heavy atom. The Labute approximate surface area is 173 Å². The summed E-state index contributed by atoms with van der Waals surface area (Å²) in [5, 5.41) is 2.76. The molecule has 8 heteroatoms. The van der Waals surface area contributed by atoms with Crippen molar-refractivity contribution < 1.29 is 23.7 Å². The normalized spacial score (nSPS) is 14.2. The van der Waals surface area contributed by atoms with Crippen molar-refractivity contribution in [3.05, 3.63) is 23.8 Å². The lowest BCUT2D eigenvalue weighted by Crippen LogP contribution is -2.34. The number of nitrogens with one attached hydrogen (secondary N) is 1. The molecule has 0 unspecified atom stereocenters. The van der Waals surface area contributed by atoms with Crippen molar-refractivity contribution in [2.75, 3.05) is 46.8 Å². The number of ether oxygens (including phenoxy) is 4. The zero-order valence-electron chi connectivity index (χ0n) is 17.9. The summed E-state index contributed by atoms with van der Waals surface area (Å²) in [6.07, 6.45) is 1.95. The van der Waals surface area contributed by atoms with Gasteiger partial charge in [0.25, 0.3) is 11.9 Å². The molecular formula is C21H33N3O5. The van der Waals surface area contributed by atoms with Gasteiger partial charge in [-0.2, -0.15) is 0 Å². The molecule has 0 aromatic heterocycles. The average Bonchev–Trinajstić information content (AvgIpc) is 3.19. The standard InChI is InChI=1S/C21H33N3O5/c1-5-24(6-2)11-7-8-16(3)22-21(27-13-12-26-4)23-20(25)17-9-10-18-19(14-17)29-15-28-18/h9-10,14,16H,5-8,11-13,15H2,1-4H3,(H,22,23,25)/t16-/m0/s1. The molecule has 1 atom stereocenters. The first-order valence-corrected chi connectivity index (χ1v) is 10.2. The number of carbonyl (C=O) groups is 1. The Hall–Kier alpha value is -2.32. The van der Waals surface area contributed by atoms with Gasteiger partial charge in [0.2, 0.25) is 6.79 Å². The van der Waals surface area contributed by atoms with E-state index in [9.17, 15) is 4.79 Å². The molecule has 0 aliphatic carbocycles. The highest BCUT2D eigenvalue weighted by Gasteiger charge is 2.18. The number of amides is 1. The van der Waals surface area contributed by atoms with Crippen molar-refractivity contribution in [2.45, 2.75) is 39.7 Å². The van der Waals surface area contributed by atoms with Crippen LogP contribution in [0.1, 0.15) is 44.0 Å². The molecule has 1 aliphatic heterocycles.